The summed E-state index contributed by atoms with van der Waals surface area (Å²) < 4.78 is 1.05. The van der Waals surface area contributed by atoms with Crippen LogP contribution in [-0.2, 0) is 16.1 Å². The summed E-state index contributed by atoms with van der Waals surface area (Å²) in [6.07, 6.45) is 1.22. The van der Waals surface area contributed by atoms with Crippen molar-refractivity contribution in [3.8, 4) is 0 Å². The number of carbonyl (C=O) groups excluding carboxylic acids is 1. The van der Waals surface area contributed by atoms with Crippen molar-refractivity contribution in [1.29, 1.82) is 0 Å². The zero-order valence-corrected chi connectivity index (χ0v) is 11.3. The number of aliphatic carboxylic acids is 1. The lowest BCUT2D eigenvalue weighted by atomic mass is 10.2. The monoisotopic (exact) mass is 299 g/mol. The van der Waals surface area contributed by atoms with Crippen LogP contribution in [0.25, 0.3) is 0 Å². The number of hydrogen-bond acceptors (Lipinski definition) is 5. The third-order valence-corrected chi connectivity index (χ3v) is 3.96. The molecule has 2 heterocycles. The topological polar surface area (TPSA) is 112 Å². The number of aromatic nitrogens is 2. The molecule has 1 unspecified atom stereocenters. The summed E-state index contributed by atoms with van der Waals surface area (Å²) in [5.41, 5.74) is -1.24. The molecule has 1 fully saturated rings. The van der Waals surface area contributed by atoms with Crippen LogP contribution in [0.4, 0.5) is 0 Å². The maximum Gasteiger partial charge on any atom is 0.328 e. The zero-order chi connectivity index (χ0) is 14.7. The lowest BCUT2D eigenvalue weighted by molar-refractivity contribution is -0.149. The minimum absolute atomic E-state index is 0.288. The number of thioether (sulfide) groups is 1. The van der Waals surface area contributed by atoms with Crippen molar-refractivity contribution < 1.29 is 14.7 Å². The molecule has 0 aromatic carbocycles. The summed E-state index contributed by atoms with van der Waals surface area (Å²) in [6, 6.07) is 0.259. The Bertz CT molecular complexity index is 637. The number of aromatic amines is 1. The number of nitrogens with zero attached hydrogens (tertiary/aromatic N) is 2. The Balaban J connectivity index is 2.16. The van der Waals surface area contributed by atoms with Crippen LogP contribution >= 0.6 is 11.8 Å². The highest BCUT2D eigenvalue weighted by Gasteiger charge is 2.32. The van der Waals surface area contributed by atoms with Crippen molar-refractivity contribution in [2.75, 3.05) is 18.1 Å². The SMILES string of the molecule is O=C(O)C1CSCCN1C(=O)Cn1ccc(=O)[nH]c1=O. The van der Waals surface area contributed by atoms with Gasteiger partial charge in [0, 0.05) is 30.3 Å². The number of carboxylic acids is 1. The molecule has 0 bridgehead atoms. The second-order valence-electron chi connectivity index (χ2n) is 4.25. The smallest absolute Gasteiger partial charge is 0.328 e. The molecule has 1 aliphatic heterocycles. The van der Waals surface area contributed by atoms with E-state index in [1.54, 1.807) is 0 Å². The Hall–Kier alpha value is -2.03. The molecular formula is C11H13N3O5S. The average Bonchev–Trinajstić information content (AvgIpc) is 2.41. The summed E-state index contributed by atoms with van der Waals surface area (Å²) in [5.74, 6) is -0.510. The van der Waals surface area contributed by atoms with Crippen molar-refractivity contribution in [2.24, 2.45) is 0 Å². The molecule has 0 spiro atoms. The van der Waals surface area contributed by atoms with E-state index in [9.17, 15) is 19.2 Å². The molecule has 1 aliphatic rings. The molecule has 8 nitrogen and oxygen atoms in total. The van der Waals surface area contributed by atoms with Gasteiger partial charge in [0.2, 0.25) is 5.91 Å². The maximum atomic E-state index is 12.1. The quantitative estimate of drug-likeness (QED) is 0.707. The zero-order valence-electron chi connectivity index (χ0n) is 10.4. The van der Waals surface area contributed by atoms with Gasteiger partial charge in [-0.3, -0.25) is 19.1 Å². The molecule has 20 heavy (non-hydrogen) atoms. The second kappa shape index (κ2) is 5.95. The Morgan fingerprint density at radius 2 is 2.20 bits per heavy atom. The Kier molecular flexibility index (Phi) is 4.28. The van der Waals surface area contributed by atoms with E-state index in [1.807, 2.05) is 4.98 Å². The number of amides is 1. The van der Waals surface area contributed by atoms with Gasteiger partial charge in [0.15, 0.2) is 0 Å². The molecule has 0 radical (unpaired) electrons. The first-order valence-corrected chi connectivity index (χ1v) is 7.04. The van der Waals surface area contributed by atoms with E-state index >= 15 is 0 Å². The van der Waals surface area contributed by atoms with Crippen LogP contribution in [0.1, 0.15) is 0 Å². The van der Waals surface area contributed by atoms with Crippen LogP contribution < -0.4 is 11.2 Å². The van der Waals surface area contributed by atoms with Crippen molar-refractivity contribution in [3.63, 3.8) is 0 Å². The molecule has 9 heteroatoms. The van der Waals surface area contributed by atoms with Crippen LogP contribution in [0.15, 0.2) is 21.9 Å². The molecule has 1 saturated heterocycles. The average molecular weight is 299 g/mol. The van der Waals surface area contributed by atoms with Crippen LogP contribution in [0.5, 0.6) is 0 Å². The predicted molar refractivity (Wildman–Crippen MR) is 71.8 cm³/mol. The fourth-order valence-electron chi connectivity index (χ4n) is 1.91. The van der Waals surface area contributed by atoms with E-state index in [2.05, 4.69) is 0 Å². The normalized spacial score (nSPS) is 18.8. The molecule has 0 aliphatic carbocycles. The lowest BCUT2D eigenvalue weighted by Crippen LogP contribution is -2.51. The number of nitrogens with one attached hydrogen (secondary N) is 1. The molecule has 1 amide bonds. The van der Waals surface area contributed by atoms with E-state index in [0.717, 1.165) is 10.6 Å². The highest BCUT2D eigenvalue weighted by molar-refractivity contribution is 7.99. The van der Waals surface area contributed by atoms with E-state index < -0.39 is 29.2 Å². The maximum absolute atomic E-state index is 12.1. The molecule has 0 saturated carbocycles. The first-order valence-electron chi connectivity index (χ1n) is 5.89. The van der Waals surface area contributed by atoms with Crippen molar-refractivity contribution in [2.45, 2.75) is 12.6 Å². The van der Waals surface area contributed by atoms with Gasteiger partial charge in [0.25, 0.3) is 5.56 Å². The lowest BCUT2D eigenvalue weighted by Gasteiger charge is -2.32. The third-order valence-electron chi connectivity index (χ3n) is 2.94. The van der Waals surface area contributed by atoms with Crippen LogP contribution in [0.2, 0.25) is 0 Å². The molecule has 2 rings (SSSR count). The number of carbonyl (C=O) groups is 2. The van der Waals surface area contributed by atoms with Crippen molar-refractivity contribution in [3.05, 3.63) is 33.1 Å². The third kappa shape index (κ3) is 3.10. The number of rotatable bonds is 3. The molecule has 1 aromatic rings. The molecule has 108 valence electrons. The van der Waals surface area contributed by atoms with Gasteiger partial charge >= 0.3 is 11.7 Å². The van der Waals surface area contributed by atoms with Crippen molar-refractivity contribution >= 4 is 23.6 Å². The highest BCUT2D eigenvalue weighted by Crippen LogP contribution is 2.17. The minimum atomic E-state index is -1.06. The van der Waals surface area contributed by atoms with Gasteiger partial charge < -0.3 is 10.0 Å². The summed E-state index contributed by atoms with van der Waals surface area (Å²) in [5, 5.41) is 9.09. The van der Waals surface area contributed by atoms with Gasteiger partial charge in [0.1, 0.15) is 12.6 Å². The van der Waals surface area contributed by atoms with E-state index in [4.69, 9.17) is 5.11 Å². The van der Waals surface area contributed by atoms with Gasteiger partial charge in [-0.25, -0.2) is 9.59 Å². The standard InChI is InChI=1S/C11H13N3O5S/c15-8-1-2-13(11(19)12-8)5-9(16)14-3-4-20-6-7(14)10(17)18/h1-2,7H,3-6H2,(H,17,18)(H,12,15,19). The Morgan fingerprint density at radius 1 is 1.45 bits per heavy atom. The molecule has 1 atom stereocenters. The Labute approximate surface area is 117 Å². The first-order chi connectivity index (χ1) is 9.49. The number of hydrogen-bond donors (Lipinski definition) is 2. The molecule has 1 aromatic heterocycles. The van der Waals surface area contributed by atoms with Gasteiger partial charge in [-0.05, 0) is 0 Å². The largest absolute Gasteiger partial charge is 0.480 e. The fraction of sp³-hybridized carbons (Fsp3) is 0.455. The van der Waals surface area contributed by atoms with Gasteiger partial charge in [-0.15, -0.1) is 0 Å². The van der Waals surface area contributed by atoms with E-state index in [0.29, 0.717) is 18.1 Å². The summed E-state index contributed by atoms with van der Waals surface area (Å²) >= 11 is 1.47. The van der Waals surface area contributed by atoms with Gasteiger partial charge in [0.05, 0.1) is 0 Å². The molecular weight excluding hydrogens is 286 g/mol. The van der Waals surface area contributed by atoms with Crippen LogP contribution in [-0.4, -0.2) is 55.5 Å². The number of H-pyrrole nitrogens is 1. The van der Waals surface area contributed by atoms with E-state index in [-0.39, 0.29) is 6.54 Å². The summed E-state index contributed by atoms with van der Waals surface area (Å²) in [6.45, 7) is 0.0443. The number of carboxylic acid groups (broad SMARTS) is 1. The van der Waals surface area contributed by atoms with Crippen LogP contribution in [0, 0.1) is 0 Å². The second-order valence-corrected chi connectivity index (χ2v) is 5.40. The summed E-state index contributed by atoms with van der Waals surface area (Å²) in [7, 11) is 0. The van der Waals surface area contributed by atoms with E-state index in [1.165, 1.54) is 22.9 Å². The summed E-state index contributed by atoms with van der Waals surface area (Å²) in [4.78, 5) is 48.9. The minimum Gasteiger partial charge on any atom is -0.480 e. The fourth-order valence-corrected chi connectivity index (χ4v) is 2.95. The van der Waals surface area contributed by atoms with Gasteiger partial charge in [-0.1, -0.05) is 0 Å². The van der Waals surface area contributed by atoms with Crippen LogP contribution in [0.3, 0.4) is 0 Å². The highest BCUT2D eigenvalue weighted by atomic mass is 32.2. The molecule has 2 N–H and O–H groups in total. The van der Waals surface area contributed by atoms with Gasteiger partial charge in [-0.2, -0.15) is 11.8 Å². The first kappa shape index (κ1) is 14.4. The van der Waals surface area contributed by atoms with Crippen molar-refractivity contribution in [1.82, 2.24) is 14.5 Å². The predicted octanol–water partition coefficient (Wildman–Crippen LogP) is -1.43. The Morgan fingerprint density at radius 3 is 2.85 bits per heavy atom.